The maximum Gasteiger partial charge on any atom is 0.266 e. The number of carbonyl (C=O) groups is 1. The Bertz CT molecular complexity index is 687. The minimum absolute atomic E-state index is 0.0564. The third kappa shape index (κ3) is 2.76. The van der Waals surface area contributed by atoms with Crippen molar-refractivity contribution in [1.82, 2.24) is 10.3 Å². The van der Waals surface area contributed by atoms with Crippen molar-refractivity contribution in [2.45, 2.75) is 25.3 Å². The summed E-state index contributed by atoms with van der Waals surface area (Å²) >= 11 is 4.92. The largest absolute Gasteiger partial charge is 0.429 e. The van der Waals surface area contributed by atoms with E-state index in [1.54, 1.807) is 18.2 Å². The molecule has 1 heterocycles. The quantitative estimate of drug-likeness (QED) is 0.739. The second-order valence-corrected chi connectivity index (χ2v) is 5.53. The average molecular weight is 292 g/mol. The normalized spacial score (nSPS) is 16.2. The van der Waals surface area contributed by atoms with Crippen molar-refractivity contribution >= 4 is 29.2 Å². The Balaban J connectivity index is 1.78. The third-order valence-electron chi connectivity index (χ3n) is 3.63. The summed E-state index contributed by atoms with van der Waals surface area (Å²) in [6.07, 6.45) is 2.84. The second-order valence-electron chi connectivity index (χ2n) is 5.16. The second kappa shape index (κ2) is 5.38. The fourth-order valence-corrected chi connectivity index (χ4v) is 2.60. The topological polar surface area (TPSA) is 78.3 Å². The van der Waals surface area contributed by atoms with Gasteiger partial charge in [0.25, 0.3) is 10.7 Å². The van der Waals surface area contributed by atoms with Crippen LogP contribution in [0.3, 0.4) is 0 Å². The summed E-state index contributed by atoms with van der Waals surface area (Å²) in [4.78, 5) is 15.4. The van der Waals surface area contributed by atoms with Crippen LogP contribution >= 0.6 is 12.2 Å². The van der Waals surface area contributed by atoms with Crippen LogP contribution in [0.4, 0.5) is 0 Å². The molecule has 1 amide bonds. The van der Waals surface area contributed by atoms with Gasteiger partial charge in [0.05, 0.1) is 5.52 Å². The zero-order valence-electron chi connectivity index (χ0n) is 10.9. The van der Waals surface area contributed by atoms with Crippen LogP contribution in [-0.4, -0.2) is 28.6 Å². The number of rotatable bonds is 5. The molecule has 1 saturated carbocycles. The van der Waals surface area contributed by atoms with E-state index in [9.17, 15) is 4.79 Å². The van der Waals surface area contributed by atoms with E-state index in [1.165, 1.54) is 0 Å². The van der Waals surface area contributed by atoms with E-state index in [0.717, 1.165) is 18.4 Å². The molecule has 0 radical (unpaired) electrons. The van der Waals surface area contributed by atoms with Gasteiger partial charge in [-0.2, -0.15) is 0 Å². The van der Waals surface area contributed by atoms with Crippen molar-refractivity contribution in [2.24, 2.45) is 5.92 Å². The Hall–Kier alpha value is -1.66. The maximum atomic E-state index is 12.2. The Labute approximate surface area is 121 Å². The molecule has 1 atom stereocenters. The van der Waals surface area contributed by atoms with E-state index in [-0.39, 0.29) is 18.6 Å². The molecule has 6 heteroatoms. The van der Waals surface area contributed by atoms with Gasteiger partial charge in [-0.05, 0) is 55.6 Å². The van der Waals surface area contributed by atoms with Crippen LogP contribution in [0.2, 0.25) is 0 Å². The van der Waals surface area contributed by atoms with Crippen LogP contribution < -0.4 is 5.32 Å². The van der Waals surface area contributed by atoms with Crippen LogP contribution in [0.25, 0.3) is 11.1 Å². The van der Waals surface area contributed by atoms with E-state index in [1.807, 2.05) is 0 Å². The molecule has 0 bridgehead atoms. The number of aliphatic hydroxyl groups excluding tert-OH is 1. The van der Waals surface area contributed by atoms with Crippen molar-refractivity contribution in [3.8, 4) is 0 Å². The molecule has 3 rings (SSSR count). The van der Waals surface area contributed by atoms with E-state index < -0.39 is 0 Å². The first-order valence-electron chi connectivity index (χ1n) is 6.72. The molecule has 1 aliphatic rings. The molecule has 1 fully saturated rings. The smallest absolute Gasteiger partial charge is 0.266 e. The lowest BCUT2D eigenvalue weighted by Crippen LogP contribution is -2.37. The number of aromatic nitrogens is 1. The lowest BCUT2D eigenvalue weighted by Gasteiger charge is -2.17. The molecular weight excluding hydrogens is 276 g/mol. The molecule has 106 valence electrons. The highest BCUT2D eigenvalue weighted by atomic mass is 32.1. The average Bonchev–Trinajstić information content (AvgIpc) is 3.19. The summed E-state index contributed by atoms with van der Waals surface area (Å²) in [5.74, 6) is 0.366. The van der Waals surface area contributed by atoms with Gasteiger partial charge in [-0.3, -0.25) is 4.79 Å². The number of benzene rings is 1. The van der Waals surface area contributed by atoms with Gasteiger partial charge >= 0.3 is 0 Å². The Morgan fingerprint density at radius 1 is 1.55 bits per heavy atom. The molecule has 0 saturated heterocycles. The SMILES string of the molecule is O=C(NC(CCO)C1CC1)c1ccc2[nH]c(=S)oc2c1. The summed E-state index contributed by atoms with van der Waals surface area (Å²) in [6.45, 7) is 0.0902. The number of hydrogen-bond donors (Lipinski definition) is 3. The number of hydrogen-bond acceptors (Lipinski definition) is 4. The lowest BCUT2D eigenvalue weighted by molar-refractivity contribution is 0.0924. The fraction of sp³-hybridized carbons (Fsp3) is 0.429. The van der Waals surface area contributed by atoms with Crippen molar-refractivity contribution < 1.29 is 14.3 Å². The number of aromatic amines is 1. The van der Waals surface area contributed by atoms with Gasteiger partial charge in [0.1, 0.15) is 0 Å². The van der Waals surface area contributed by atoms with Crippen LogP contribution in [0, 0.1) is 10.8 Å². The Kier molecular flexibility index (Phi) is 3.58. The number of carbonyl (C=O) groups excluding carboxylic acids is 1. The fourth-order valence-electron chi connectivity index (χ4n) is 2.40. The number of nitrogens with one attached hydrogen (secondary N) is 2. The molecule has 20 heavy (non-hydrogen) atoms. The van der Waals surface area contributed by atoms with E-state index >= 15 is 0 Å². The molecular formula is C14H16N2O3S. The third-order valence-corrected chi connectivity index (χ3v) is 3.82. The summed E-state index contributed by atoms with van der Waals surface area (Å²) < 4.78 is 5.31. The Morgan fingerprint density at radius 2 is 2.35 bits per heavy atom. The molecule has 1 aromatic carbocycles. The molecule has 1 unspecified atom stereocenters. The zero-order valence-corrected chi connectivity index (χ0v) is 11.7. The zero-order chi connectivity index (χ0) is 14.1. The highest BCUT2D eigenvalue weighted by Crippen LogP contribution is 2.34. The predicted octanol–water partition coefficient (Wildman–Crippen LogP) is 2.38. The molecule has 2 aromatic rings. The lowest BCUT2D eigenvalue weighted by atomic mass is 10.1. The molecule has 3 N–H and O–H groups in total. The minimum Gasteiger partial charge on any atom is -0.429 e. The number of fused-ring (bicyclic) bond motifs is 1. The van der Waals surface area contributed by atoms with Gasteiger partial charge in [0.2, 0.25) is 0 Å². The number of amides is 1. The summed E-state index contributed by atoms with van der Waals surface area (Å²) in [5.41, 5.74) is 1.90. The van der Waals surface area contributed by atoms with Gasteiger partial charge in [-0.1, -0.05) is 0 Å². The van der Waals surface area contributed by atoms with E-state index in [4.69, 9.17) is 21.7 Å². The summed E-state index contributed by atoms with van der Waals surface area (Å²) in [5, 5.41) is 12.0. The van der Waals surface area contributed by atoms with Crippen molar-refractivity contribution in [3.05, 3.63) is 28.6 Å². The monoisotopic (exact) mass is 292 g/mol. The van der Waals surface area contributed by atoms with Gasteiger partial charge in [0, 0.05) is 18.2 Å². The van der Waals surface area contributed by atoms with Gasteiger partial charge in [0.15, 0.2) is 5.58 Å². The molecule has 1 aliphatic carbocycles. The highest BCUT2D eigenvalue weighted by molar-refractivity contribution is 7.71. The van der Waals surface area contributed by atoms with Gasteiger partial charge < -0.3 is 19.8 Å². The van der Waals surface area contributed by atoms with E-state index in [0.29, 0.717) is 28.3 Å². The van der Waals surface area contributed by atoms with Crippen molar-refractivity contribution in [2.75, 3.05) is 6.61 Å². The first-order valence-corrected chi connectivity index (χ1v) is 7.13. The molecule has 1 aromatic heterocycles. The van der Waals surface area contributed by atoms with Gasteiger partial charge in [-0.15, -0.1) is 0 Å². The highest BCUT2D eigenvalue weighted by Gasteiger charge is 2.31. The minimum atomic E-state index is -0.139. The van der Waals surface area contributed by atoms with Crippen LogP contribution in [0.5, 0.6) is 0 Å². The number of oxazole rings is 1. The van der Waals surface area contributed by atoms with Crippen LogP contribution in [0.1, 0.15) is 29.6 Å². The van der Waals surface area contributed by atoms with E-state index in [2.05, 4.69) is 10.3 Å². The van der Waals surface area contributed by atoms with Crippen molar-refractivity contribution in [3.63, 3.8) is 0 Å². The molecule has 5 nitrogen and oxygen atoms in total. The maximum absolute atomic E-state index is 12.2. The summed E-state index contributed by atoms with van der Waals surface area (Å²) in [7, 11) is 0. The molecule has 0 spiro atoms. The summed E-state index contributed by atoms with van der Waals surface area (Å²) in [6, 6.07) is 5.25. The number of H-pyrrole nitrogens is 1. The standard InChI is InChI=1S/C14H16N2O3S/c17-6-5-10(8-1-2-8)15-13(18)9-3-4-11-12(7-9)19-14(20)16-11/h3-4,7-8,10,17H,1-2,5-6H2,(H,15,18)(H,16,20). The number of aliphatic hydroxyl groups is 1. The Morgan fingerprint density at radius 3 is 3.05 bits per heavy atom. The van der Waals surface area contributed by atoms with Crippen LogP contribution in [0.15, 0.2) is 22.6 Å². The predicted molar refractivity (Wildman–Crippen MR) is 77.1 cm³/mol. The van der Waals surface area contributed by atoms with Gasteiger partial charge in [-0.25, -0.2) is 0 Å². The first kappa shape index (κ1) is 13.3. The first-order chi connectivity index (χ1) is 9.67. The van der Waals surface area contributed by atoms with Crippen molar-refractivity contribution in [1.29, 1.82) is 0 Å². The van der Waals surface area contributed by atoms with Crippen LogP contribution in [-0.2, 0) is 0 Å². The molecule has 0 aliphatic heterocycles.